The van der Waals surface area contributed by atoms with Crippen LogP contribution in [0.25, 0.3) is 0 Å². The third kappa shape index (κ3) is 4.80. The molecule has 0 spiro atoms. The molecule has 0 fully saturated rings. The summed E-state index contributed by atoms with van der Waals surface area (Å²) in [5.41, 5.74) is 2.05. The van der Waals surface area contributed by atoms with Crippen LogP contribution in [0.3, 0.4) is 0 Å². The molecule has 0 bridgehead atoms. The summed E-state index contributed by atoms with van der Waals surface area (Å²) >= 11 is 6.02. The molecule has 1 aromatic carbocycles. The van der Waals surface area contributed by atoms with Crippen LogP contribution < -0.4 is 0 Å². The fourth-order valence-electron chi connectivity index (χ4n) is 2.78. The fraction of sp³-hybridized carbons (Fsp3) is 0.588. The molecule has 128 valence electrons. The lowest BCUT2D eigenvalue weighted by molar-refractivity contribution is -0.222. The second-order valence-electron chi connectivity index (χ2n) is 7.13. The van der Waals surface area contributed by atoms with Crippen molar-refractivity contribution in [2.75, 3.05) is 7.11 Å². The van der Waals surface area contributed by atoms with Crippen LogP contribution in [0, 0.1) is 0 Å². The molecular weight excluding hydrogens is 330 g/mol. The van der Waals surface area contributed by atoms with Gasteiger partial charge in [0, 0.05) is 31.4 Å². The van der Waals surface area contributed by atoms with Crippen molar-refractivity contribution >= 4 is 25.6 Å². The van der Waals surface area contributed by atoms with Gasteiger partial charge in [-0.05, 0) is 44.3 Å². The molecule has 0 saturated carbocycles. The highest BCUT2D eigenvalue weighted by molar-refractivity contribution is 6.69. The second kappa shape index (κ2) is 6.93. The van der Waals surface area contributed by atoms with Crippen LogP contribution in [0.2, 0.25) is 24.7 Å². The minimum atomic E-state index is -1.68. The van der Waals surface area contributed by atoms with Crippen molar-refractivity contribution in [1.82, 2.24) is 0 Å². The standard InChI is InChI=1S/C17H26ClNO3Si/c1-12(21-23(4,5)6)16-15(11-17(2,20-3)22-19-16)13-7-9-14(18)10-8-13/h7-10,12,15H,11H2,1-6H3/t12?,15-,17-/m0/s1. The van der Waals surface area contributed by atoms with E-state index in [4.69, 9.17) is 25.6 Å². The molecule has 1 unspecified atom stereocenters. The molecule has 1 aliphatic heterocycles. The Bertz CT molecular complexity index is 570. The van der Waals surface area contributed by atoms with Crippen molar-refractivity contribution in [3.63, 3.8) is 0 Å². The summed E-state index contributed by atoms with van der Waals surface area (Å²) in [5, 5.41) is 5.10. The van der Waals surface area contributed by atoms with Crippen LogP contribution in [-0.4, -0.2) is 33.0 Å². The molecular formula is C17H26ClNO3Si. The van der Waals surface area contributed by atoms with Gasteiger partial charge in [-0.2, -0.15) is 0 Å². The van der Waals surface area contributed by atoms with E-state index in [0.29, 0.717) is 6.42 Å². The Labute approximate surface area is 144 Å². The zero-order chi connectivity index (χ0) is 17.3. The Kier molecular flexibility index (Phi) is 5.56. The SMILES string of the molecule is CO[C@]1(C)C[C@@H](c2ccc(Cl)cc2)C(C(C)O[Si](C)(C)C)=NO1. The Morgan fingerprint density at radius 3 is 2.43 bits per heavy atom. The molecule has 1 aromatic rings. The van der Waals surface area contributed by atoms with Crippen molar-refractivity contribution in [2.24, 2.45) is 5.16 Å². The van der Waals surface area contributed by atoms with Crippen LogP contribution >= 0.6 is 11.6 Å². The third-order valence-electron chi connectivity index (χ3n) is 3.93. The van der Waals surface area contributed by atoms with E-state index in [1.807, 2.05) is 38.1 Å². The molecule has 0 radical (unpaired) electrons. The number of rotatable bonds is 5. The van der Waals surface area contributed by atoms with E-state index in [2.05, 4.69) is 24.8 Å². The van der Waals surface area contributed by atoms with Gasteiger partial charge in [-0.25, -0.2) is 0 Å². The summed E-state index contributed by atoms with van der Waals surface area (Å²) in [6.45, 7) is 10.5. The van der Waals surface area contributed by atoms with Crippen LogP contribution in [0.15, 0.2) is 29.4 Å². The molecule has 0 saturated heterocycles. The van der Waals surface area contributed by atoms with Gasteiger partial charge in [-0.3, -0.25) is 0 Å². The van der Waals surface area contributed by atoms with Gasteiger partial charge in [0.15, 0.2) is 8.32 Å². The van der Waals surface area contributed by atoms with Crippen LogP contribution in [0.5, 0.6) is 0 Å². The van der Waals surface area contributed by atoms with Crippen LogP contribution in [0.1, 0.15) is 31.7 Å². The van der Waals surface area contributed by atoms with E-state index in [9.17, 15) is 0 Å². The first kappa shape index (κ1) is 18.5. The summed E-state index contributed by atoms with van der Waals surface area (Å²) < 4.78 is 11.7. The van der Waals surface area contributed by atoms with Crippen molar-refractivity contribution in [3.8, 4) is 0 Å². The number of hydrogen-bond donors (Lipinski definition) is 0. The molecule has 0 aliphatic carbocycles. The number of methoxy groups -OCH3 is 1. The van der Waals surface area contributed by atoms with Gasteiger partial charge in [-0.15, -0.1) is 0 Å². The average molecular weight is 356 g/mol. The lowest BCUT2D eigenvalue weighted by Crippen LogP contribution is -2.44. The monoisotopic (exact) mass is 355 g/mol. The van der Waals surface area contributed by atoms with E-state index < -0.39 is 14.1 Å². The maximum atomic E-state index is 6.22. The number of hydrogen-bond acceptors (Lipinski definition) is 4. The molecule has 1 aliphatic rings. The number of benzene rings is 1. The predicted molar refractivity (Wildman–Crippen MR) is 96.6 cm³/mol. The normalized spacial score (nSPS) is 26.4. The summed E-state index contributed by atoms with van der Waals surface area (Å²) in [4.78, 5) is 5.61. The molecule has 0 aromatic heterocycles. The zero-order valence-corrected chi connectivity index (χ0v) is 16.5. The van der Waals surface area contributed by atoms with E-state index in [0.717, 1.165) is 16.3 Å². The first-order valence-electron chi connectivity index (χ1n) is 7.88. The summed E-state index contributed by atoms with van der Waals surface area (Å²) in [7, 11) is -0.0362. The summed E-state index contributed by atoms with van der Waals surface area (Å²) in [5.74, 6) is -0.649. The fourth-order valence-corrected chi connectivity index (χ4v) is 4.09. The van der Waals surface area contributed by atoms with Crippen LogP contribution in [-0.2, 0) is 14.0 Å². The van der Waals surface area contributed by atoms with Gasteiger partial charge in [0.05, 0.1) is 11.8 Å². The quantitative estimate of drug-likeness (QED) is 0.712. The van der Waals surface area contributed by atoms with Crippen molar-refractivity contribution in [3.05, 3.63) is 34.9 Å². The highest BCUT2D eigenvalue weighted by atomic mass is 35.5. The van der Waals surface area contributed by atoms with Gasteiger partial charge in [-0.1, -0.05) is 28.9 Å². The van der Waals surface area contributed by atoms with Crippen molar-refractivity contribution in [2.45, 2.75) is 57.7 Å². The minimum Gasteiger partial charge on any atom is -0.410 e. The average Bonchev–Trinajstić information content (AvgIpc) is 2.46. The van der Waals surface area contributed by atoms with Crippen LogP contribution in [0.4, 0.5) is 0 Å². The Hall–Kier alpha value is -0.883. The van der Waals surface area contributed by atoms with E-state index in [1.54, 1.807) is 7.11 Å². The number of nitrogens with zero attached hydrogens (tertiary/aromatic N) is 1. The van der Waals surface area contributed by atoms with Crippen molar-refractivity contribution < 1.29 is 14.0 Å². The maximum Gasteiger partial charge on any atom is 0.234 e. The molecule has 4 nitrogen and oxygen atoms in total. The Balaban J connectivity index is 2.34. The lowest BCUT2D eigenvalue weighted by Gasteiger charge is -2.37. The Morgan fingerprint density at radius 1 is 1.30 bits per heavy atom. The molecule has 0 amide bonds. The number of ether oxygens (including phenoxy) is 1. The number of halogens is 1. The third-order valence-corrected chi connectivity index (χ3v) is 5.24. The molecule has 3 atom stereocenters. The summed E-state index contributed by atoms with van der Waals surface area (Å²) in [6.07, 6.45) is 0.590. The Morgan fingerprint density at radius 2 is 1.91 bits per heavy atom. The summed E-state index contributed by atoms with van der Waals surface area (Å²) in [6, 6.07) is 7.87. The molecule has 1 heterocycles. The smallest absolute Gasteiger partial charge is 0.234 e. The molecule has 2 rings (SSSR count). The lowest BCUT2D eigenvalue weighted by atomic mass is 9.85. The first-order chi connectivity index (χ1) is 10.6. The van der Waals surface area contributed by atoms with Gasteiger partial charge in [0.1, 0.15) is 0 Å². The van der Waals surface area contributed by atoms with Gasteiger partial charge in [0.2, 0.25) is 5.79 Å². The van der Waals surface area contributed by atoms with Gasteiger partial charge in [0.25, 0.3) is 0 Å². The minimum absolute atomic E-state index is 0.0808. The number of oxime groups is 1. The van der Waals surface area contributed by atoms with Gasteiger partial charge < -0.3 is 14.0 Å². The van der Waals surface area contributed by atoms with Gasteiger partial charge >= 0.3 is 0 Å². The first-order valence-corrected chi connectivity index (χ1v) is 11.7. The highest BCUT2D eigenvalue weighted by Gasteiger charge is 2.40. The highest BCUT2D eigenvalue weighted by Crippen LogP contribution is 2.36. The van der Waals surface area contributed by atoms with E-state index >= 15 is 0 Å². The van der Waals surface area contributed by atoms with E-state index in [1.165, 1.54) is 0 Å². The van der Waals surface area contributed by atoms with Crippen molar-refractivity contribution in [1.29, 1.82) is 0 Å². The topological polar surface area (TPSA) is 40.0 Å². The second-order valence-corrected chi connectivity index (χ2v) is 12.0. The van der Waals surface area contributed by atoms with E-state index in [-0.39, 0.29) is 12.0 Å². The molecule has 0 N–H and O–H groups in total. The maximum absolute atomic E-state index is 6.22. The predicted octanol–water partition coefficient (Wildman–Crippen LogP) is 4.80. The molecule has 6 heteroatoms. The molecule has 23 heavy (non-hydrogen) atoms. The largest absolute Gasteiger partial charge is 0.410 e. The zero-order valence-electron chi connectivity index (χ0n) is 14.7.